The quantitative estimate of drug-likeness (QED) is 0.259. The van der Waals surface area contributed by atoms with Crippen LogP contribution in [0.5, 0.6) is 0 Å². The van der Waals surface area contributed by atoms with Crippen LogP contribution >= 0.6 is 23.2 Å². The average molecular weight is 574 g/mol. The van der Waals surface area contributed by atoms with Crippen molar-refractivity contribution in [2.45, 2.75) is 26.2 Å². The molecule has 0 aliphatic heterocycles. The first-order valence-electron chi connectivity index (χ1n) is 10.4. The largest absolute Gasteiger partial charge is 0.490 e. The van der Waals surface area contributed by atoms with Crippen LogP contribution in [0, 0.1) is 0 Å². The fourth-order valence-corrected chi connectivity index (χ4v) is 3.18. The monoisotopic (exact) mass is 573 g/mol. The first-order chi connectivity index (χ1) is 17.7. The third-order valence-corrected chi connectivity index (χ3v) is 4.98. The second-order valence-corrected chi connectivity index (χ2v) is 8.21. The molecule has 1 aromatic heterocycles. The molecular formula is C23H20Cl2F3N5O5. The van der Waals surface area contributed by atoms with Crippen molar-refractivity contribution in [3.8, 4) is 0 Å². The van der Waals surface area contributed by atoms with Gasteiger partial charge in [0.2, 0.25) is 11.2 Å². The van der Waals surface area contributed by atoms with Crippen molar-refractivity contribution in [1.82, 2.24) is 14.9 Å². The van der Waals surface area contributed by atoms with Gasteiger partial charge in [0.15, 0.2) is 5.82 Å². The SMILES string of the molecule is CC(=O)N(Cc1cccc(NC(=O)O)c1)Cc1cccc(Nc2nc(Cl)ncc2Cl)c1.O=C(O)C(F)(F)F. The normalized spacial score (nSPS) is 10.6. The van der Waals surface area contributed by atoms with Gasteiger partial charge in [0.1, 0.15) is 5.02 Å². The Balaban J connectivity index is 0.000000638. The van der Waals surface area contributed by atoms with E-state index in [1.807, 2.05) is 30.3 Å². The molecule has 0 unspecified atom stereocenters. The van der Waals surface area contributed by atoms with Crippen LogP contribution < -0.4 is 10.6 Å². The molecule has 0 aliphatic carbocycles. The highest BCUT2D eigenvalue weighted by atomic mass is 35.5. The zero-order valence-corrected chi connectivity index (χ0v) is 21.0. The molecule has 0 fully saturated rings. The summed E-state index contributed by atoms with van der Waals surface area (Å²) >= 11 is 11.9. The molecule has 10 nitrogen and oxygen atoms in total. The van der Waals surface area contributed by atoms with E-state index in [4.69, 9.17) is 38.2 Å². The Kier molecular flexibility index (Phi) is 10.7. The maximum absolute atomic E-state index is 12.2. The zero-order chi connectivity index (χ0) is 28.5. The lowest BCUT2D eigenvalue weighted by Gasteiger charge is -2.22. The Labute approximate surface area is 224 Å². The maximum atomic E-state index is 12.2. The molecule has 0 radical (unpaired) electrons. The number of carbonyl (C=O) groups is 3. The minimum Gasteiger partial charge on any atom is -0.475 e. The van der Waals surface area contributed by atoms with E-state index in [-0.39, 0.29) is 11.2 Å². The van der Waals surface area contributed by atoms with Gasteiger partial charge in [-0.25, -0.2) is 14.6 Å². The van der Waals surface area contributed by atoms with Crippen LogP contribution in [0.15, 0.2) is 54.7 Å². The summed E-state index contributed by atoms with van der Waals surface area (Å²) in [5.74, 6) is -2.49. The number of aliphatic carboxylic acids is 1. The van der Waals surface area contributed by atoms with Crippen molar-refractivity contribution in [1.29, 1.82) is 0 Å². The standard InChI is InChI=1S/C21H19Cl2N5O3.C2HF3O2/c1-13(29)28(12-15-5-3-7-17(9-15)26-21(30)31)11-14-4-2-6-16(8-14)25-19-18(22)10-24-20(23)27-19;3-2(4,5)1(6)7/h2-10,26H,11-12H2,1H3,(H,30,31)(H,24,25,27);(H,6,7). The molecule has 0 atom stereocenters. The van der Waals surface area contributed by atoms with Crippen LogP contribution in [0.2, 0.25) is 10.3 Å². The summed E-state index contributed by atoms with van der Waals surface area (Å²) in [6.07, 6.45) is -4.82. The maximum Gasteiger partial charge on any atom is 0.490 e. The van der Waals surface area contributed by atoms with Gasteiger partial charge in [-0.2, -0.15) is 18.2 Å². The van der Waals surface area contributed by atoms with E-state index in [2.05, 4.69) is 20.6 Å². The Morgan fingerprint density at radius 3 is 2.00 bits per heavy atom. The summed E-state index contributed by atoms with van der Waals surface area (Å²) < 4.78 is 31.7. The number of hydrogen-bond donors (Lipinski definition) is 4. The number of aromatic nitrogens is 2. The number of hydrogen-bond acceptors (Lipinski definition) is 6. The second-order valence-electron chi connectivity index (χ2n) is 7.47. The second kappa shape index (κ2) is 13.4. The number of nitrogens with zero attached hydrogens (tertiary/aromatic N) is 3. The van der Waals surface area contributed by atoms with Gasteiger partial charge in [-0.15, -0.1) is 0 Å². The van der Waals surface area contributed by atoms with Crippen molar-refractivity contribution in [2.75, 3.05) is 10.6 Å². The van der Waals surface area contributed by atoms with Crippen LogP contribution in [0.1, 0.15) is 18.1 Å². The number of amides is 2. The first kappa shape index (κ1) is 30.1. The van der Waals surface area contributed by atoms with Crippen molar-refractivity contribution in [2.24, 2.45) is 0 Å². The number of halogens is 5. The molecule has 2 aromatic carbocycles. The third-order valence-electron chi connectivity index (χ3n) is 4.52. The van der Waals surface area contributed by atoms with E-state index >= 15 is 0 Å². The van der Waals surface area contributed by atoms with Crippen LogP contribution in [0.3, 0.4) is 0 Å². The summed E-state index contributed by atoms with van der Waals surface area (Å²) in [6, 6.07) is 14.4. The Bertz CT molecular complexity index is 1310. The van der Waals surface area contributed by atoms with Gasteiger partial charge in [0.25, 0.3) is 0 Å². The average Bonchev–Trinajstić information content (AvgIpc) is 2.81. The van der Waals surface area contributed by atoms with E-state index in [9.17, 15) is 22.8 Å². The predicted octanol–water partition coefficient (Wildman–Crippen LogP) is 5.80. The molecule has 0 bridgehead atoms. The molecule has 0 aliphatic rings. The Morgan fingerprint density at radius 2 is 1.50 bits per heavy atom. The van der Waals surface area contributed by atoms with E-state index in [1.54, 1.807) is 23.1 Å². The molecule has 202 valence electrons. The lowest BCUT2D eigenvalue weighted by atomic mass is 10.1. The van der Waals surface area contributed by atoms with Crippen LogP contribution in [0.4, 0.5) is 35.2 Å². The molecule has 38 heavy (non-hydrogen) atoms. The highest BCUT2D eigenvalue weighted by Gasteiger charge is 2.38. The van der Waals surface area contributed by atoms with E-state index < -0.39 is 18.2 Å². The molecule has 0 saturated heterocycles. The van der Waals surface area contributed by atoms with Crippen LogP contribution in [-0.4, -0.2) is 49.2 Å². The molecule has 2 amide bonds. The number of benzene rings is 2. The molecule has 0 spiro atoms. The van der Waals surface area contributed by atoms with Gasteiger partial charge in [0.05, 0.1) is 6.20 Å². The minimum absolute atomic E-state index is 0.0745. The van der Waals surface area contributed by atoms with Gasteiger partial charge >= 0.3 is 18.2 Å². The highest BCUT2D eigenvalue weighted by molar-refractivity contribution is 6.33. The predicted molar refractivity (Wildman–Crippen MR) is 133 cm³/mol. The van der Waals surface area contributed by atoms with Crippen molar-refractivity contribution in [3.05, 3.63) is 76.2 Å². The van der Waals surface area contributed by atoms with Gasteiger partial charge in [-0.3, -0.25) is 10.1 Å². The molecule has 1 heterocycles. The summed E-state index contributed by atoms with van der Waals surface area (Å²) in [5.41, 5.74) is 2.86. The molecule has 3 rings (SSSR count). The lowest BCUT2D eigenvalue weighted by molar-refractivity contribution is -0.192. The summed E-state index contributed by atoms with van der Waals surface area (Å²) in [6.45, 7) is 2.18. The number of alkyl halides is 3. The fourth-order valence-electron chi connectivity index (χ4n) is 2.91. The number of carboxylic acids is 1. The Hall–Kier alpha value is -4.10. The van der Waals surface area contributed by atoms with Crippen molar-refractivity contribution < 1.29 is 37.8 Å². The fraction of sp³-hybridized carbons (Fsp3) is 0.174. The summed E-state index contributed by atoms with van der Waals surface area (Å²) in [5, 5.41) is 21.8. The molecule has 0 saturated carbocycles. The van der Waals surface area contributed by atoms with Crippen molar-refractivity contribution in [3.63, 3.8) is 0 Å². The van der Waals surface area contributed by atoms with Gasteiger partial charge < -0.3 is 20.4 Å². The third kappa shape index (κ3) is 10.1. The Morgan fingerprint density at radius 1 is 0.974 bits per heavy atom. The van der Waals surface area contributed by atoms with Crippen LogP contribution in [-0.2, 0) is 22.7 Å². The van der Waals surface area contributed by atoms with E-state index in [0.29, 0.717) is 29.6 Å². The number of carboxylic acid groups (broad SMARTS) is 2. The van der Waals surface area contributed by atoms with Gasteiger partial charge in [-0.05, 0) is 47.0 Å². The van der Waals surface area contributed by atoms with Crippen molar-refractivity contribution >= 4 is 58.4 Å². The number of anilines is 3. The molecule has 15 heteroatoms. The molecule has 3 aromatic rings. The van der Waals surface area contributed by atoms with Gasteiger partial charge in [0, 0.05) is 31.4 Å². The molecular weight excluding hydrogens is 554 g/mol. The smallest absolute Gasteiger partial charge is 0.475 e. The zero-order valence-electron chi connectivity index (χ0n) is 19.5. The molecule has 4 N–H and O–H groups in total. The van der Waals surface area contributed by atoms with E-state index in [0.717, 1.165) is 16.8 Å². The summed E-state index contributed by atoms with van der Waals surface area (Å²) in [7, 11) is 0. The minimum atomic E-state index is -5.08. The summed E-state index contributed by atoms with van der Waals surface area (Å²) in [4.78, 5) is 41.5. The highest BCUT2D eigenvalue weighted by Crippen LogP contribution is 2.25. The number of nitrogens with one attached hydrogen (secondary N) is 2. The number of carbonyl (C=O) groups excluding carboxylic acids is 1. The number of rotatable bonds is 7. The van der Waals surface area contributed by atoms with E-state index in [1.165, 1.54) is 13.1 Å². The first-order valence-corrected chi connectivity index (χ1v) is 11.2. The topological polar surface area (TPSA) is 145 Å². The van der Waals surface area contributed by atoms with Crippen LogP contribution in [0.25, 0.3) is 0 Å². The lowest BCUT2D eigenvalue weighted by Crippen LogP contribution is -2.27. The van der Waals surface area contributed by atoms with Gasteiger partial charge in [-0.1, -0.05) is 35.9 Å².